The van der Waals surface area contributed by atoms with Gasteiger partial charge in [-0.1, -0.05) is 29.1 Å². The summed E-state index contributed by atoms with van der Waals surface area (Å²) >= 11 is 1.35. The predicted octanol–water partition coefficient (Wildman–Crippen LogP) is 2.56. The number of aryl methyl sites for hydroxylation is 1. The molecule has 1 aromatic carbocycles. The maximum atomic E-state index is 12.4. The van der Waals surface area contributed by atoms with E-state index in [0.717, 1.165) is 55.3 Å². The van der Waals surface area contributed by atoms with Crippen molar-refractivity contribution in [1.29, 1.82) is 0 Å². The highest BCUT2D eigenvalue weighted by Crippen LogP contribution is 2.23. The molecule has 7 nitrogen and oxygen atoms in total. The maximum Gasteiger partial charge on any atom is 0.257 e. The number of hydrogen-bond acceptors (Lipinski definition) is 7. The Balaban J connectivity index is 1.25. The number of rotatable bonds is 5. The van der Waals surface area contributed by atoms with Gasteiger partial charge in [-0.25, -0.2) is 4.98 Å². The smallest absolute Gasteiger partial charge is 0.257 e. The first-order chi connectivity index (χ1) is 12.7. The summed E-state index contributed by atoms with van der Waals surface area (Å²) in [5.74, 6) is 1.33. The third-order valence-corrected chi connectivity index (χ3v) is 5.19. The van der Waals surface area contributed by atoms with Gasteiger partial charge in [-0.2, -0.15) is 0 Å². The summed E-state index contributed by atoms with van der Waals surface area (Å²) in [5.41, 5.74) is 2.46. The van der Waals surface area contributed by atoms with Crippen LogP contribution < -0.4 is 0 Å². The quantitative estimate of drug-likeness (QED) is 0.637. The SMILES string of the molecule is Cc1cc(CN2CCN(C(=O)CSc3nc4ccccc4o3)CC2)on1. The Labute approximate surface area is 155 Å². The lowest BCUT2D eigenvalue weighted by molar-refractivity contribution is -0.130. The van der Waals surface area contributed by atoms with Crippen LogP contribution in [0.4, 0.5) is 0 Å². The van der Waals surface area contributed by atoms with Gasteiger partial charge in [0.2, 0.25) is 5.91 Å². The Morgan fingerprint density at radius 3 is 2.77 bits per heavy atom. The van der Waals surface area contributed by atoms with Crippen LogP contribution >= 0.6 is 11.8 Å². The van der Waals surface area contributed by atoms with Crippen molar-refractivity contribution in [2.24, 2.45) is 0 Å². The average molecular weight is 372 g/mol. The van der Waals surface area contributed by atoms with Crippen molar-refractivity contribution in [2.45, 2.75) is 18.7 Å². The Kier molecular flexibility index (Phi) is 4.94. The zero-order valence-corrected chi connectivity index (χ0v) is 15.4. The molecule has 3 aromatic rings. The van der Waals surface area contributed by atoms with Gasteiger partial charge in [-0.05, 0) is 19.1 Å². The van der Waals surface area contributed by atoms with Crippen LogP contribution in [0.15, 0.2) is 44.5 Å². The number of para-hydroxylation sites is 2. The highest BCUT2D eigenvalue weighted by molar-refractivity contribution is 7.99. The second-order valence-electron chi connectivity index (χ2n) is 6.33. The van der Waals surface area contributed by atoms with Crippen LogP contribution in [-0.4, -0.2) is 57.8 Å². The van der Waals surface area contributed by atoms with E-state index in [1.54, 1.807) is 0 Å². The van der Waals surface area contributed by atoms with E-state index >= 15 is 0 Å². The Hall–Kier alpha value is -2.32. The second-order valence-corrected chi connectivity index (χ2v) is 7.25. The molecule has 4 rings (SSSR count). The monoisotopic (exact) mass is 372 g/mol. The van der Waals surface area contributed by atoms with E-state index in [-0.39, 0.29) is 5.91 Å². The second kappa shape index (κ2) is 7.51. The number of nitrogens with zero attached hydrogens (tertiary/aromatic N) is 4. The average Bonchev–Trinajstić information content (AvgIpc) is 3.25. The lowest BCUT2D eigenvalue weighted by Gasteiger charge is -2.34. The molecule has 8 heteroatoms. The van der Waals surface area contributed by atoms with Gasteiger partial charge >= 0.3 is 0 Å². The molecule has 0 unspecified atom stereocenters. The third-order valence-electron chi connectivity index (χ3n) is 4.37. The molecule has 1 saturated heterocycles. The topological polar surface area (TPSA) is 75.6 Å². The predicted molar refractivity (Wildman–Crippen MR) is 97.8 cm³/mol. The number of hydrogen-bond donors (Lipinski definition) is 0. The molecule has 0 bridgehead atoms. The maximum absolute atomic E-state index is 12.4. The van der Waals surface area contributed by atoms with Gasteiger partial charge in [-0.3, -0.25) is 9.69 Å². The lowest BCUT2D eigenvalue weighted by Crippen LogP contribution is -2.48. The van der Waals surface area contributed by atoms with Crippen molar-refractivity contribution >= 4 is 28.8 Å². The molecule has 136 valence electrons. The number of fused-ring (bicyclic) bond motifs is 1. The zero-order chi connectivity index (χ0) is 17.9. The van der Waals surface area contributed by atoms with Crippen LogP contribution in [0.3, 0.4) is 0 Å². The van der Waals surface area contributed by atoms with Crippen molar-refractivity contribution in [1.82, 2.24) is 19.9 Å². The van der Waals surface area contributed by atoms with Gasteiger partial charge in [0.15, 0.2) is 11.3 Å². The van der Waals surface area contributed by atoms with Crippen LogP contribution in [-0.2, 0) is 11.3 Å². The first-order valence-corrected chi connectivity index (χ1v) is 9.56. The highest BCUT2D eigenvalue weighted by Gasteiger charge is 2.22. The molecule has 1 amide bonds. The van der Waals surface area contributed by atoms with E-state index in [0.29, 0.717) is 11.0 Å². The summed E-state index contributed by atoms with van der Waals surface area (Å²) in [6, 6.07) is 9.56. The van der Waals surface area contributed by atoms with E-state index in [1.165, 1.54) is 11.8 Å². The number of aromatic nitrogens is 2. The van der Waals surface area contributed by atoms with Gasteiger partial charge < -0.3 is 13.8 Å². The minimum Gasteiger partial charge on any atom is -0.431 e. The Morgan fingerprint density at radius 2 is 2.04 bits per heavy atom. The van der Waals surface area contributed by atoms with Crippen molar-refractivity contribution in [3.8, 4) is 0 Å². The first-order valence-electron chi connectivity index (χ1n) is 8.58. The molecule has 1 aliphatic heterocycles. The van der Waals surface area contributed by atoms with E-state index < -0.39 is 0 Å². The summed E-state index contributed by atoms with van der Waals surface area (Å²) in [7, 11) is 0. The van der Waals surface area contributed by atoms with Crippen molar-refractivity contribution in [3.05, 3.63) is 41.8 Å². The number of carbonyl (C=O) groups is 1. The normalized spacial score (nSPS) is 15.7. The van der Waals surface area contributed by atoms with Crippen LogP contribution in [0.25, 0.3) is 11.1 Å². The fourth-order valence-corrected chi connectivity index (χ4v) is 3.74. The van der Waals surface area contributed by atoms with Crippen molar-refractivity contribution in [2.75, 3.05) is 31.9 Å². The van der Waals surface area contributed by atoms with E-state index in [2.05, 4.69) is 15.0 Å². The molecule has 1 aliphatic rings. The number of benzene rings is 1. The molecule has 0 spiro atoms. The van der Waals surface area contributed by atoms with Crippen molar-refractivity contribution < 1.29 is 13.7 Å². The standard InChI is InChI=1S/C18H20N4O3S/c1-13-10-14(25-20-13)11-21-6-8-22(9-7-21)17(23)12-26-18-19-15-4-2-3-5-16(15)24-18/h2-5,10H,6-9,11-12H2,1H3. The van der Waals surface area contributed by atoms with E-state index in [4.69, 9.17) is 8.94 Å². The number of piperazine rings is 1. The van der Waals surface area contributed by atoms with E-state index in [1.807, 2.05) is 42.2 Å². The van der Waals surface area contributed by atoms with Crippen molar-refractivity contribution in [3.63, 3.8) is 0 Å². The van der Waals surface area contributed by atoms with Crippen LogP contribution in [0.1, 0.15) is 11.5 Å². The van der Waals surface area contributed by atoms with Gasteiger partial charge in [0.1, 0.15) is 5.52 Å². The number of amides is 1. The largest absolute Gasteiger partial charge is 0.431 e. The van der Waals surface area contributed by atoms with Gasteiger partial charge in [-0.15, -0.1) is 0 Å². The summed E-state index contributed by atoms with van der Waals surface area (Å²) in [4.78, 5) is 21.0. The Bertz CT molecular complexity index is 866. The van der Waals surface area contributed by atoms with Crippen LogP contribution in [0, 0.1) is 6.92 Å². The molecule has 0 saturated carbocycles. The summed E-state index contributed by atoms with van der Waals surface area (Å²) in [6.45, 7) is 5.76. The summed E-state index contributed by atoms with van der Waals surface area (Å²) < 4.78 is 10.9. The Morgan fingerprint density at radius 1 is 1.23 bits per heavy atom. The molecular weight excluding hydrogens is 352 g/mol. The fourth-order valence-electron chi connectivity index (χ4n) is 2.99. The number of oxazole rings is 1. The summed E-state index contributed by atoms with van der Waals surface area (Å²) in [5, 5.41) is 4.45. The number of thioether (sulfide) groups is 1. The van der Waals surface area contributed by atoms with Crippen LogP contribution in [0.2, 0.25) is 0 Å². The van der Waals surface area contributed by atoms with Gasteiger partial charge in [0.25, 0.3) is 5.22 Å². The molecule has 2 aromatic heterocycles. The van der Waals surface area contributed by atoms with Crippen LogP contribution in [0.5, 0.6) is 0 Å². The lowest BCUT2D eigenvalue weighted by atomic mass is 10.3. The third kappa shape index (κ3) is 3.91. The van der Waals surface area contributed by atoms with Gasteiger partial charge in [0.05, 0.1) is 18.0 Å². The molecule has 0 radical (unpaired) electrons. The molecule has 3 heterocycles. The molecule has 0 N–H and O–H groups in total. The minimum absolute atomic E-state index is 0.118. The fraction of sp³-hybridized carbons (Fsp3) is 0.389. The molecule has 26 heavy (non-hydrogen) atoms. The molecular formula is C18H20N4O3S. The minimum atomic E-state index is 0.118. The summed E-state index contributed by atoms with van der Waals surface area (Å²) in [6.07, 6.45) is 0. The van der Waals surface area contributed by atoms with E-state index in [9.17, 15) is 4.79 Å². The zero-order valence-electron chi connectivity index (χ0n) is 14.6. The molecule has 1 fully saturated rings. The van der Waals surface area contributed by atoms with Gasteiger partial charge in [0, 0.05) is 32.2 Å². The molecule has 0 atom stereocenters. The first kappa shape index (κ1) is 17.1. The number of carbonyl (C=O) groups excluding carboxylic acids is 1. The highest BCUT2D eigenvalue weighted by atomic mass is 32.2. The molecule has 0 aliphatic carbocycles.